The highest BCUT2D eigenvalue weighted by molar-refractivity contribution is 5.99. The third-order valence-corrected chi connectivity index (χ3v) is 4.91. The second kappa shape index (κ2) is 7.77. The van der Waals surface area contributed by atoms with Crippen LogP contribution in [-0.4, -0.2) is 30.0 Å². The fraction of sp³-hybridized carbons (Fsp3) is 0.429. The van der Waals surface area contributed by atoms with Crippen molar-refractivity contribution in [3.05, 3.63) is 52.8 Å². The van der Waals surface area contributed by atoms with E-state index < -0.39 is 0 Å². The van der Waals surface area contributed by atoms with Crippen molar-refractivity contribution in [2.24, 2.45) is 5.92 Å². The number of esters is 1. The van der Waals surface area contributed by atoms with Crippen LogP contribution in [0.1, 0.15) is 40.2 Å². The Morgan fingerprint density at radius 3 is 2.46 bits per heavy atom. The third-order valence-electron chi connectivity index (χ3n) is 4.91. The lowest BCUT2D eigenvalue weighted by molar-refractivity contribution is -0.144. The molecule has 1 aromatic heterocycles. The molecule has 0 saturated heterocycles. The average Bonchev–Trinajstić information content (AvgIpc) is 3.45. The Bertz CT molecular complexity index is 800. The van der Waals surface area contributed by atoms with Gasteiger partial charge in [0.25, 0.3) is 0 Å². The van der Waals surface area contributed by atoms with Crippen molar-refractivity contribution in [1.82, 2.24) is 4.57 Å². The number of carbonyl (C=O) groups is 2. The summed E-state index contributed by atoms with van der Waals surface area (Å²) in [7, 11) is 1.65. The predicted molar refractivity (Wildman–Crippen MR) is 98.6 cm³/mol. The van der Waals surface area contributed by atoms with Crippen LogP contribution in [0.2, 0.25) is 0 Å². The summed E-state index contributed by atoms with van der Waals surface area (Å²) >= 11 is 0. The van der Waals surface area contributed by atoms with Crippen LogP contribution in [0.15, 0.2) is 30.3 Å². The number of Topliss-reactive ketones (excluding diaryl/α,β-unsaturated/α-hetero) is 1. The monoisotopic (exact) mass is 355 g/mol. The molecule has 0 unspecified atom stereocenters. The Labute approximate surface area is 153 Å². The summed E-state index contributed by atoms with van der Waals surface area (Å²) in [5.41, 5.74) is 3.81. The Morgan fingerprint density at radius 1 is 1.15 bits per heavy atom. The van der Waals surface area contributed by atoms with Gasteiger partial charge in [0.15, 0.2) is 6.61 Å². The number of benzene rings is 1. The first kappa shape index (κ1) is 18.2. The smallest absolute Gasteiger partial charge is 0.309 e. The average molecular weight is 355 g/mol. The molecule has 2 aromatic rings. The van der Waals surface area contributed by atoms with Crippen molar-refractivity contribution < 1.29 is 19.1 Å². The molecule has 138 valence electrons. The summed E-state index contributed by atoms with van der Waals surface area (Å²) in [6.07, 6.45) is 2.63. The van der Waals surface area contributed by atoms with Crippen LogP contribution >= 0.6 is 0 Å². The Balaban J connectivity index is 1.62. The number of hydrogen-bond donors (Lipinski definition) is 0. The van der Waals surface area contributed by atoms with E-state index in [2.05, 4.69) is 16.7 Å². The maximum Gasteiger partial charge on any atom is 0.309 e. The first-order valence-electron chi connectivity index (χ1n) is 8.99. The minimum absolute atomic E-state index is 0.0136. The van der Waals surface area contributed by atoms with Crippen LogP contribution in [0, 0.1) is 19.8 Å². The molecule has 5 heteroatoms. The van der Waals surface area contributed by atoms with Crippen LogP contribution in [0.4, 0.5) is 0 Å². The molecule has 1 aromatic carbocycles. The van der Waals surface area contributed by atoms with Gasteiger partial charge >= 0.3 is 5.97 Å². The molecule has 0 amide bonds. The maximum absolute atomic E-state index is 12.4. The predicted octanol–water partition coefficient (Wildman–Crippen LogP) is 3.49. The van der Waals surface area contributed by atoms with E-state index in [0.717, 1.165) is 42.9 Å². The van der Waals surface area contributed by atoms with Gasteiger partial charge in [0.1, 0.15) is 5.75 Å². The summed E-state index contributed by atoms with van der Waals surface area (Å²) in [6.45, 7) is 4.56. The molecule has 26 heavy (non-hydrogen) atoms. The standard InChI is InChI=1S/C21H25NO4/c1-14-12-19(20(23)13-26-21(24)17-6-7-17)15(2)22(14)11-10-16-4-8-18(25-3)9-5-16/h4-5,8-9,12,17H,6-7,10-11,13H2,1-3H3. The highest BCUT2D eigenvalue weighted by Crippen LogP contribution is 2.30. The first-order valence-corrected chi connectivity index (χ1v) is 8.99. The molecule has 1 aliphatic rings. The molecule has 1 saturated carbocycles. The quantitative estimate of drug-likeness (QED) is 0.537. The Hall–Kier alpha value is -2.56. The van der Waals surface area contributed by atoms with Crippen molar-refractivity contribution in [2.45, 2.75) is 39.7 Å². The molecule has 5 nitrogen and oxygen atoms in total. The number of rotatable bonds is 8. The third kappa shape index (κ3) is 4.15. The van der Waals surface area contributed by atoms with E-state index in [-0.39, 0.29) is 24.3 Å². The van der Waals surface area contributed by atoms with Gasteiger partial charge in [-0.2, -0.15) is 0 Å². The SMILES string of the molecule is COc1ccc(CCn2c(C)cc(C(=O)COC(=O)C3CC3)c2C)cc1. The number of hydrogen-bond acceptors (Lipinski definition) is 4. The minimum Gasteiger partial charge on any atom is -0.497 e. The zero-order chi connectivity index (χ0) is 18.7. The molecule has 0 spiro atoms. The summed E-state index contributed by atoms with van der Waals surface area (Å²) in [6, 6.07) is 9.89. The van der Waals surface area contributed by atoms with E-state index in [4.69, 9.17) is 9.47 Å². The lowest BCUT2D eigenvalue weighted by Crippen LogP contribution is -2.16. The molecule has 1 heterocycles. The van der Waals surface area contributed by atoms with E-state index in [1.54, 1.807) is 7.11 Å². The van der Waals surface area contributed by atoms with Gasteiger partial charge in [-0.1, -0.05) is 12.1 Å². The van der Waals surface area contributed by atoms with E-state index in [1.807, 2.05) is 32.0 Å². The number of aryl methyl sites for hydroxylation is 2. The van der Waals surface area contributed by atoms with Crippen molar-refractivity contribution in [3.63, 3.8) is 0 Å². The zero-order valence-corrected chi connectivity index (χ0v) is 15.6. The van der Waals surface area contributed by atoms with Gasteiger partial charge < -0.3 is 14.0 Å². The van der Waals surface area contributed by atoms with Gasteiger partial charge in [-0.15, -0.1) is 0 Å². The fourth-order valence-corrected chi connectivity index (χ4v) is 3.11. The van der Waals surface area contributed by atoms with Crippen LogP contribution in [-0.2, 0) is 22.5 Å². The largest absolute Gasteiger partial charge is 0.497 e. The highest BCUT2D eigenvalue weighted by atomic mass is 16.5. The van der Waals surface area contributed by atoms with Crippen LogP contribution in [0.25, 0.3) is 0 Å². The summed E-state index contributed by atoms with van der Waals surface area (Å²) < 4.78 is 12.4. The number of nitrogens with zero attached hydrogens (tertiary/aromatic N) is 1. The van der Waals surface area contributed by atoms with Crippen LogP contribution in [0.5, 0.6) is 5.75 Å². The fourth-order valence-electron chi connectivity index (χ4n) is 3.11. The number of ketones is 1. The van der Waals surface area contributed by atoms with Crippen LogP contribution in [0.3, 0.4) is 0 Å². The van der Waals surface area contributed by atoms with Gasteiger partial charge in [-0.3, -0.25) is 9.59 Å². The lowest BCUT2D eigenvalue weighted by atomic mass is 10.1. The second-order valence-corrected chi connectivity index (χ2v) is 6.84. The molecular formula is C21H25NO4. The molecule has 1 fully saturated rings. The van der Waals surface area contributed by atoms with E-state index in [0.29, 0.717) is 5.56 Å². The highest BCUT2D eigenvalue weighted by Gasteiger charge is 2.31. The molecule has 0 atom stereocenters. The number of aromatic nitrogens is 1. The van der Waals surface area contributed by atoms with Gasteiger partial charge in [0.2, 0.25) is 5.78 Å². The molecule has 0 bridgehead atoms. The summed E-state index contributed by atoms with van der Waals surface area (Å²) in [4.78, 5) is 24.0. The van der Waals surface area contributed by atoms with Gasteiger partial charge in [-0.25, -0.2) is 0 Å². The molecular weight excluding hydrogens is 330 g/mol. The van der Waals surface area contributed by atoms with Crippen molar-refractivity contribution >= 4 is 11.8 Å². The van der Waals surface area contributed by atoms with Crippen molar-refractivity contribution in [3.8, 4) is 5.75 Å². The molecule has 0 radical (unpaired) electrons. The normalized spacial score (nSPS) is 13.5. The molecule has 3 rings (SSSR count). The number of carbonyl (C=O) groups excluding carboxylic acids is 2. The maximum atomic E-state index is 12.4. The van der Waals surface area contributed by atoms with Gasteiger partial charge in [0.05, 0.1) is 13.0 Å². The van der Waals surface area contributed by atoms with Crippen molar-refractivity contribution in [1.29, 1.82) is 0 Å². The second-order valence-electron chi connectivity index (χ2n) is 6.84. The van der Waals surface area contributed by atoms with E-state index in [9.17, 15) is 9.59 Å². The topological polar surface area (TPSA) is 57.5 Å². The molecule has 0 N–H and O–H groups in total. The van der Waals surface area contributed by atoms with E-state index in [1.165, 1.54) is 5.56 Å². The number of ether oxygens (including phenoxy) is 2. The molecule has 1 aliphatic carbocycles. The van der Waals surface area contributed by atoms with Crippen molar-refractivity contribution in [2.75, 3.05) is 13.7 Å². The number of methoxy groups -OCH3 is 1. The van der Waals surface area contributed by atoms with Gasteiger partial charge in [0, 0.05) is 23.5 Å². The van der Waals surface area contributed by atoms with Crippen LogP contribution < -0.4 is 4.74 Å². The molecule has 0 aliphatic heterocycles. The van der Waals surface area contributed by atoms with Gasteiger partial charge in [-0.05, 0) is 56.9 Å². The lowest BCUT2D eigenvalue weighted by Gasteiger charge is -2.10. The van der Waals surface area contributed by atoms with E-state index >= 15 is 0 Å². The summed E-state index contributed by atoms with van der Waals surface area (Å²) in [5, 5.41) is 0. The first-order chi connectivity index (χ1) is 12.5. The Morgan fingerprint density at radius 2 is 1.85 bits per heavy atom. The zero-order valence-electron chi connectivity index (χ0n) is 15.6. The summed E-state index contributed by atoms with van der Waals surface area (Å²) in [5.74, 6) is 0.477. The Kier molecular flexibility index (Phi) is 5.45. The minimum atomic E-state index is -0.244.